The van der Waals surface area contributed by atoms with Crippen LogP contribution in [0.4, 0.5) is 5.82 Å². The predicted molar refractivity (Wildman–Crippen MR) is 70.9 cm³/mol. The van der Waals surface area contributed by atoms with Gasteiger partial charge in [0.25, 0.3) is 0 Å². The number of aromatic nitrogens is 2. The normalized spacial score (nSPS) is 11.7. The van der Waals surface area contributed by atoms with Crippen molar-refractivity contribution in [2.24, 2.45) is 16.5 Å². The maximum Gasteiger partial charge on any atom is 0.219 e. The van der Waals surface area contributed by atoms with Gasteiger partial charge in [0.1, 0.15) is 12.1 Å². The molecule has 0 aromatic carbocycles. The number of rotatable bonds is 6. The van der Waals surface area contributed by atoms with E-state index in [4.69, 9.17) is 11.5 Å². The number of carbonyl (C=O) groups is 1. The topological polar surface area (TPSA) is 119 Å². The number of hydrogen-bond donors (Lipinski definition) is 3. The summed E-state index contributed by atoms with van der Waals surface area (Å²) in [6, 6.07) is 1.75. The molecule has 0 fully saturated rings. The molecule has 18 heavy (non-hydrogen) atoms. The van der Waals surface area contributed by atoms with Gasteiger partial charge >= 0.3 is 0 Å². The molecule has 0 aliphatic heterocycles. The number of allylic oxidation sites excluding steroid dienone is 1. The lowest BCUT2D eigenvalue weighted by Crippen LogP contribution is -2.11. The van der Waals surface area contributed by atoms with Crippen LogP contribution in [0, 0.1) is 0 Å². The Morgan fingerprint density at radius 1 is 1.56 bits per heavy atom. The van der Waals surface area contributed by atoms with E-state index in [2.05, 4.69) is 20.3 Å². The Kier molecular flexibility index (Phi) is 5.30. The van der Waals surface area contributed by atoms with Crippen molar-refractivity contribution < 1.29 is 4.79 Å². The minimum atomic E-state index is -0.384. The molecule has 96 valence electrons. The summed E-state index contributed by atoms with van der Waals surface area (Å²) >= 11 is 0. The molecule has 1 aromatic heterocycles. The van der Waals surface area contributed by atoms with Gasteiger partial charge < -0.3 is 16.8 Å². The number of hydrogen-bond acceptors (Lipinski definition) is 6. The van der Waals surface area contributed by atoms with E-state index in [1.165, 1.54) is 12.5 Å². The maximum absolute atomic E-state index is 10.5. The minimum Gasteiger partial charge on any atom is -0.404 e. The molecule has 1 amide bonds. The SMILES string of the molecule is CNc1cc(C(C=NCCC(N)=O)=CN)ncn1. The van der Waals surface area contributed by atoms with Gasteiger partial charge in [0.2, 0.25) is 5.91 Å². The molecule has 0 radical (unpaired) electrons. The summed E-state index contributed by atoms with van der Waals surface area (Å²) in [5, 5.41) is 2.90. The quantitative estimate of drug-likeness (QED) is 0.600. The molecule has 0 aliphatic carbocycles. The molecule has 7 nitrogen and oxygen atoms in total. The summed E-state index contributed by atoms with van der Waals surface area (Å²) in [5.74, 6) is 0.301. The van der Waals surface area contributed by atoms with Crippen LogP contribution in [0.25, 0.3) is 5.57 Å². The number of nitrogens with zero attached hydrogens (tertiary/aromatic N) is 3. The molecule has 0 saturated heterocycles. The first-order valence-electron chi connectivity index (χ1n) is 5.37. The lowest BCUT2D eigenvalue weighted by molar-refractivity contribution is -0.117. The predicted octanol–water partition coefficient (Wildman–Crippen LogP) is -0.236. The first-order valence-corrected chi connectivity index (χ1v) is 5.37. The van der Waals surface area contributed by atoms with Crippen LogP contribution in [0.5, 0.6) is 0 Å². The zero-order chi connectivity index (χ0) is 13.4. The Morgan fingerprint density at radius 3 is 2.94 bits per heavy atom. The summed E-state index contributed by atoms with van der Waals surface area (Å²) in [7, 11) is 1.76. The van der Waals surface area contributed by atoms with Crippen molar-refractivity contribution in [3.8, 4) is 0 Å². The average Bonchev–Trinajstić information content (AvgIpc) is 2.38. The Labute approximate surface area is 105 Å². The van der Waals surface area contributed by atoms with Gasteiger partial charge in [-0.2, -0.15) is 0 Å². The molecular weight excluding hydrogens is 232 g/mol. The highest BCUT2D eigenvalue weighted by atomic mass is 16.1. The van der Waals surface area contributed by atoms with Gasteiger partial charge in [-0.25, -0.2) is 9.97 Å². The van der Waals surface area contributed by atoms with Crippen molar-refractivity contribution in [2.75, 3.05) is 18.9 Å². The van der Waals surface area contributed by atoms with Crippen molar-refractivity contribution in [3.63, 3.8) is 0 Å². The number of nitrogens with two attached hydrogens (primary N) is 2. The van der Waals surface area contributed by atoms with Gasteiger partial charge in [-0.15, -0.1) is 0 Å². The van der Waals surface area contributed by atoms with Crippen LogP contribution in [0.15, 0.2) is 23.6 Å². The van der Waals surface area contributed by atoms with Crippen LogP contribution in [0.1, 0.15) is 12.1 Å². The molecular formula is C11H16N6O. The number of amides is 1. The number of nitrogens with one attached hydrogen (secondary N) is 1. The van der Waals surface area contributed by atoms with Gasteiger partial charge in [0.15, 0.2) is 0 Å². The van der Waals surface area contributed by atoms with Gasteiger partial charge in [0.05, 0.1) is 5.69 Å². The van der Waals surface area contributed by atoms with E-state index in [0.717, 1.165) is 0 Å². The lowest BCUT2D eigenvalue weighted by Gasteiger charge is -2.02. The number of primary amides is 1. The van der Waals surface area contributed by atoms with Crippen molar-refractivity contribution in [1.82, 2.24) is 9.97 Å². The van der Waals surface area contributed by atoms with E-state index < -0.39 is 0 Å². The molecule has 0 atom stereocenters. The minimum absolute atomic E-state index is 0.208. The zero-order valence-corrected chi connectivity index (χ0v) is 10.1. The Balaban J connectivity index is 2.74. The zero-order valence-electron chi connectivity index (χ0n) is 10.1. The molecule has 1 rings (SSSR count). The van der Waals surface area contributed by atoms with Gasteiger partial charge in [0, 0.05) is 44.1 Å². The van der Waals surface area contributed by atoms with Crippen LogP contribution in [0.2, 0.25) is 0 Å². The Hall–Kier alpha value is -2.44. The van der Waals surface area contributed by atoms with Crippen LogP contribution < -0.4 is 16.8 Å². The molecule has 0 spiro atoms. The van der Waals surface area contributed by atoms with E-state index in [1.807, 2.05) is 0 Å². The van der Waals surface area contributed by atoms with Crippen molar-refractivity contribution in [1.29, 1.82) is 0 Å². The van der Waals surface area contributed by atoms with Crippen LogP contribution >= 0.6 is 0 Å². The standard InChI is InChI=1S/C11H16N6O/c1-14-11-4-9(16-7-17-11)8(5-12)6-15-3-2-10(13)18/h4-7H,2-3,12H2,1H3,(H2,13,18)(H,14,16,17). The summed E-state index contributed by atoms with van der Waals surface area (Å²) < 4.78 is 0. The highest BCUT2D eigenvalue weighted by Crippen LogP contribution is 2.11. The van der Waals surface area contributed by atoms with Crippen LogP contribution in [0.3, 0.4) is 0 Å². The second-order valence-electron chi connectivity index (χ2n) is 3.41. The third-order valence-corrected chi connectivity index (χ3v) is 2.12. The number of carbonyl (C=O) groups excluding carboxylic acids is 1. The maximum atomic E-state index is 10.5. The second kappa shape index (κ2) is 7.00. The average molecular weight is 248 g/mol. The Morgan fingerprint density at radius 2 is 2.33 bits per heavy atom. The lowest BCUT2D eigenvalue weighted by atomic mass is 10.2. The monoisotopic (exact) mass is 248 g/mol. The molecule has 0 bridgehead atoms. The molecule has 7 heteroatoms. The Bertz CT molecular complexity index is 468. The summed E-state index contributed by atoms with van der Waals surface area (Å²) in [4.78, 5) is 22.7. The van der Waals surface area contributed by atoms with Crippen molar-refractivity contribution in [3.05, 3.63) is 24.3 Å². The fourth-order valence-corrected chi connectivity index (χ4v) is 1.18. The smallest absolute Gasteiger partial charge is 0.219 e. The van der Waals surface area contributed by atoms with Crippen molar-refractivity contribution in [2.45, 2.75) is 6.42 Å². The van der Waals surface area contributed by atoms with Gasteiger partial charge in [-0.1, -0.05) is 0 Å². The van der Waals surface area contributed by atoms with E-state index in [-0.39, 0.29) is 12.3 Å². The van der Waals surface area contributed by atoms with Crippen LogP contribution in [-0.2, 0) is 4.79 Å². The largest absolute Gasteiger partial charge is 0.404 e. The molecule has 1 heterocycles. The molecule has 0 saturated carbocycles. The highest BCUT2D eigenvalue weighted by Gasteiger charge is 2.01. The molecule has 1 aromatic rings. The third kappa shape index (κ3) is 4.20. The molecule has 0 aliphatic rings. The molecule has 5 N–H and O–H groups in total. The van der Waals surface area contributed by atoms with Crippen LogP contribution in [-0.4, -0.2) is 35.7 Å². The molecule has 0 unspecified atom stereocenters. The van der Waals surface area contributed by atoms with Crippen molar-refractivity contribution >= 4 is 23.5 Å². The summed E-state index contributed by atoms with van der Waals surface area (Å²) in [6.07, 6.45) is 4.60. The third-order valence-electron chi connectivity index (χ3n) is 2.12. The summed E-state index contributed by atoms with van der Waals surface area (Å²) in [5.41, 5.74) is 11.8. The van der Waals surface area contributed by atoms with Gasteiger partial charge in [-0.05, 0) is 0 Å². The second-order valence-corrected chi connectivity index (χ2v) is 3.41. The number of anilines is 1. The van der Waals surface area contributed by atoms with E-state index in [1.54, 1.807) is 19.3 Å². The summed E-state index contributed by atoms with van der Waals surface area (Å²) in [6.45, 7) is 0.330. The van der Waals surface area contributed by atoms with E-state index in [0.29, 0.717) is 23.6 Å². The highest BCUT2D eigenvalue weighted by molar-refractivity contribution is 6.09. The van der Waals surface area contributed by atoms with Gasteiger partial charge in [-0.3, -0.25) is 9.79 Å². The fourth-order valence-electron chi connectivity index (χ4n) is 1.18. The first kappa shape index (κ1) is 13.6. The first-order chi connectivity index (χ1) is 8.67. The fraction of sp³-hybridized carbons (Fsp3) is 0.273. The van der Waals surface area contributed by atoms with E-state index in [9.17, 15) is 4.79 Å². The van der Waals surface area contributed by atoms with E-state index >= 15 is 0 Å². The number of aliphatic imine (C=N–C) groups is 1.